The van der Waals surface area contributed by atoms with Gasteiger partial charge in [0.25, 0.3) is 0 Å². The lowest BCUT2D eigenvalue weighted by Crippen LogP contribution is -2.07. The molecule has 0 N–H and O–H groups in total. The van der Waals surface area contributed by atoms with E-state index < -0.39 is 0 Å². The van der Waals surface area contributed by atoms with Crippen LogP contribution in [0.15, 0.2) is 54.6 Å². The summed E-state index contributed by atoms with van der Waals surface area (Å²) in [6.45, 7) is 0. The smallest absolute Gasteiger partial charge is 0.239 e. The van der Waals surface area contributed by atoms with E-state index in [2.05, 4.69) is 81.3 Å². The van der Waals surface area contributed by atoms with Gasteiger partial charge in [-0.1, -0.05) is 48.6 Å². The normalized spacial score (nSPS) is 14.7. The van der Waals surface area contributed by atoms with Crippen LogP contribution >= 0.6 is 22.9 Å². The number of halogens is 1. The maximum absolute atomic E-state index is 6.45. The number of hydrogen-bond acceptors (Lipinski definition) is 4. The molecule has 0 saturated heterocycles. The summed E-state index contributed by atoms with van der Waals surface area (Å²) in [4.78, 5) is 15.4. The van der Waals surface area contributed by atoms with Crippen molar-refractivity contribution in [1.82, 2.24) is 19.5 Å². The molecule has 4 nitrogen and oxygen atoms in total. The van der Waals surface area contributed by atoms with Crippen LogP contribution in [0.2, 0.25) is 5.28 Å². The SMILES string of the molecule is Clc1nc(-c2ccc3c4c(sc3c2)CCC=C4)nc(-n2c3c(c4ccccc42)CCC=C3)n1. The molecule has 33 heavy (non-hydrogen) atoms. The number of fused-ring (bicyclic) bond motifs is 6. The minimum absolute atomic E-state index is 0.204. The van der Waals surface area contributed by atoms with Crippen LogP contribution in [0.3, 0.4) is 0 Å². The highest BCUT2D eigenvalue weighted by molar-refractivity contribution is 7.19. The van der Waals surface area contributed by atoms with Crippen LogP contribution in [0.25, 0.3) is 50.5 Å². The molecule has 0 fully saturated rings. The Morgan fingerprint density at radius 3 is 2.73 bits per heavy atom. The first-order valence-corrected chi connectivity index (χ1v) is 12.4. The van der Waals surface area contributed by atoms with Crippen LogP contribution in [0.1, 0.15) is 34.5 Å². The highest BCUT2D eigenvalue weighted by Gasteiger charge is 2.21. The number of thiophene rings is 1. The third kappa shape index (κ3) is 3.00. The summed E-state index contributed by atoms with van der Waals surface area (Å²) >= 11 is 8.32. The molecule has 0 spiro atoms. The second kappa shape index (κ2) is 7.37. The second-order valence-corrected chi connectivity index (χ2v) is 9.95. The maximum atomic E-state index is 6.45. The van der Waals surface area contributed by atoms with Crippen LogP contribution in [-0.4, -0.2) is 19.5 Å². The Labute approximate surface area is 199 Å². The third-order valence-electron chi connectivity index (χ3n) is 6.54. The van der Waals surface area contributed by atoms with Crippen molar-refractivity contribution in [3.8, 4) is 17.3 Å². The van der Waals surface area contributed by atoms with E-state index in [-0.39, 0.29) is 5.28 Å². The first kappa shape index (κ1) is 19.2. The Balaban J connectivity index is 1.42. The molecule has 5 aromatic rings. The third-order valence-corrected chi connectivity index (χ3v) is 7.94. The van der Waals surface area contributed by atoms with Crippen LogP contribution in [0, 0.1) is 0 Å². The number of rotatable bonds is 2. The van der Waals surface area contributed by atoms with Gasteiger partial charge >= 0.3 is 0 Å². The van der Waals surface area contributed by atoms with Gasteiger partial charge in [-0.05, 0) is 72.0 Å². The maximum Gasteiger partial charge on any atom is 0.239 e. The summed E-state index contributed by atoms with van der Waals surface area (Å²) in [5, 5.41) is 2.74. The van der Waals surface area contributed by atoms with Crippen molar-refractivity contribution in [1.29, 1.82) is 0 Å². The van der Waals surface area contributed by atoms with Gasteiger partial charge in [-0.2, -0.15) is 15.0 Å². The summed E-state index contributed by atoms with van der Waals surface area (Å²) in [5.74, 6) is 1.16. The lowest BCUT2D eigenvalue weighted by Gasteiger charge is -2.11. The number of hydrogen-bond donors (Lipinski definition) is 0. The lowest BCUT2D eigenvalue weighted by atomic mass is 10.0. The number of benzene rings is 2. The van der Waals surface area contributed by atoms with Crippen molar-refractivity contribution in [2.45, 2.75) is 25.7 Å². The summed E-state index contributed by atoms with van der Waals surface area (Å²) in [7, 11) is 0. The van der Waals surface area contributed by atoms with Crippen LogP contribution in [0.5, 0.6) is 0 Å². The molecule has 2 aliphatic carbocycles. The molecule has 0 aliphatic heterocycles. The molecule has 0 saturated carbocycles. The first-order valence-electron chi connectivity index (χ1n) is 11.2. The number of para-hydroxylation sites is 1. The Bertz CT molecular complexity index is 1640. The van der Waals surface area contributed by atoms with Gasteiger partial charge in [-0.3, -0.25) is 4.57 Å². The molecule has 0 amide bonds. The second-order valence-electron chi connectivity index (χ2n) is 8.48. The number of aryl methyl sites for hydroxylation is 2. The predicted molar refractivity (Wildman–Crippen MR) is 137 cm³/mol. The zero-order valence-electron chi connectivity index (χ0n) is 17.8. The molecule has 6 heteroatoms. The first-order chi connectivity index (χ1) is 16.3. The molecule has 3 aromatic heterocycles. The fraction of sp³-hybridized carbons (Fsp3) is 0.148. The van der Waals surface area contributed by atoms with Gasteiger partial charge in [0, 0.05) is 20.5 Å². The van der Waals surface area contributed by atoms with E-state index in [1.165, 1.54) is 31.5 Å². The van der Waals surface area contributed by atoms with E-state index in [4.69, 9.17) is 16.6 Å². The Morgan fingerprint density at radius 1 is 0.879 bits per heavy atom. The van der Waals surface area contributed by atoms with Crippen molar-refractivity contribution in [3.63, 3.8) is 0 Å². The van der Waals surface area contributed by atoms with E-state index >= 15 is 0 Å². The highest BCUT2D eigenvalue weighted by Crippen LogP contribution is 2.38. The highest BCUT2D eigenvalue weighted by atomic mass is 35.5. The average molecular weight is 467 g/mol. The van der Waals surface area contributed by atoms with E-state index in [9.17, 15) is 0 Å². The van der Waals surface area contributed by atoms with Crippen LogP contribution < -0.4 is 0 Å². The van der Waals surface area contributed by atoms with Gasteiger partial charge in [0.05, 0.1) is 11.2 Å². The average Bonchev–Trinajstić information content (AvgIpc) is 3.39. The Hall–Kier alpha value is -3.28. The lowest BCUT2D eigenvalue weighted by molar-refractivity contribution is 0.899. The van der Waals surface area contributed by atoms with Gasteiger partial charge in [0.15, 0.2) is 5.82 Å². The number of allylic oxidation sites excluding steroid dienone is 2. The van der Waals surface area contributed by atoms with Crippen molar-refractivity contribution < 1.29 is 0 Å². The van der Waals surface area contributed by atoms with Gasteiger partial charge in [0.2, 0.25) is 11.2 Å². The van der Waals surface area contributed by atoms with Gasteiger partial charge < -0.3 is 0 Å². The largest absolute Gasteiger partial charge is 0.278 e. The van der Waals surface area contributed by atoms with Gasteiger partial charge in [-0.25, -0.2) is 0 Å². The van der Waals surface area contributed by atoms with E-state index in [1.54, 1.807) is 0 Å². The van der Waals surface area contributed by atoms with Crippen LogP contribution in [0.4, 0.5) is 0 Å². The van der Waals surface area contributed by atoms with E-state index in [0.717, 1.165) is 42.5 Å². The Morgan fingerprint density at radius 2 is 1.76 bits per heavy atom. The fourth-order valence-corrected chi connectivity index (χ4v) is 6.46. The molecule has 2 aliphatic rings. The number of aromatic nitrogens is 4. The summed E-state index contributed by atoms with van der Waals surface area (Å²) in [6.07, 6.45) is 13.2. The molecule has 0 bridgehead atoms. The molecule has 0 atom stereocenters. The zero-order valence-corrected chi connectivity index (χ0v) is 19.3. The molecular weight excluding hydrogens is 448 g/mol. The zero-order chi connectivity index (χ0) is 21.9. The molecule has 3 heterocycles. The number of nitrogens with zero attached hydrogens (tertiary/aromatic N) is 4. The molecule has 0 radical (unpaired) electrons. The molecule has 160 valence electrons. The quantitative estimate of drug-likeness (QED) is 0.275. The molecule has 0 unspecified atom stereocenters. The minimum atomic E-state index is 0.204. The minimum Gasteiger partial charge on any atom is -0.278 e. The topological polar surface area (TPSA) is 43.6 Å². The Kier molecular flexibility index (Phi) is 4.29. The van der Waals surface area contributed by atoms with Gasteiger partial charge in [0.1, 0.15) is 0 Å². The van der Waals surface area contributed by atoms with Crippen molar-refractivity contribution in [2.24, 2.45) is 0 Å². The van der Waals surface area contributed by atoms with E-state index in [1.807, 2.05) is 11.3 Å². The summed E-state index contributed by atoms with van der Waals surface area (Å²) < 4.78 is 3.37. The summed E-state index contributed by atoms with van der Waals surface area (Å²) in [6, 6.07) is 14.9. The van der Waals surface area contributed by atoms with Gasteiger partial charge in [-0.15, -0.1) is 11.3 Å². The molecular formula is C27H19ClN4S. The van der Waals surface area contributed by atoms with E-state index in [0.29, 0.717) is 11.8 Å². The fourth-order valence-electron chi connectivity index (χ4n) is 5.06. The standard InChI is InChI=1S/C27H19ClN4S/c28-26-29-25(16-13-14-20-19-9-3-6-12-23(19)33-24(20)15-16)30-27(31-26)32-21-10-4-1-7-17(21)18-8-2-5-11-22(18)32/h1,3-5,7,9-11,13-15H,2,6,8,12H2. The predicted octanol–water partition coefficient (Wildman–Crippen LogP) is 7.27. The van der Waals surface area contributed by atoms with Crippen LogP contribution in [-0.2, 0) is 12.8 Å². The molecule has 7 rings (SSSR count). The monoisotopic (exact) mass is 466 g/mol. The van der Waals surface area contributed by atoms with Crippen molar-refractivity contribution in [2.75, 3.05) is 0 Å². The van der Waals surface area contributed by atoms with Crippen molar-refractivity contribution >= 4 is 56.1 Å². The summed E-state index contributed by atoms with van der Waals surface area (Å²) in [5.41, 5.74) is 5.87. The molecule has 2 aromatic carbocycles. The van der Waals surface area contributed by atoms with Crippen molar-refractivity contribution in [3.05, 3.63) is 81.6 Å².